The first kappa shape index (κ1) is 13.4. The van der Waals surface area contributed by atoms with Crippen LogP contribution in [0.25, 0.3) is 5.69 Å². The van der Waals surface area contributed by atoms with Gasteiger partial charge in [-0.25, -0.2) is 0 Å². The number of nitrogens with zero attached hydrogens (tertiary/aromatic N) is 2. The van der Waals surface area contributed by atoms with Crippen molar-refractivity contribution in [1.82, 2.24) is 4.57 Å². The van der Waals surface area contributed by atoms with Gasteiger partial charge in [0.1, 0.15) is 5.69 Å². The van der Waals surface area contributed by atoms with E-state index in [1.54, 1.807) is 10.8 Å². The predicted octanol–water partition coefficient (Wildman–Crippen LogP) is 2.44. The first-order chi connectivity index (χ1) is 9.75. The summed E-state index contributed by atoms with van der Waals surface area (Å²) < 4.78 is 8.01. The number of anilines is 1. The van der Waals surface area contributed by atoms with Gasteiger partial charge in [-0.2, -0.15) is 0 Å². The Balaban J connectivity index is 2.00. The summed E-state index contributed by atoms with van der Waals surface area (Å²) in [5.41, 5.74) is 1.61. The van der Waals surface area contributed by atoms with Crippen LogP contribution < -0.4 is 10.5 Å². The van der Waals surface area contributed by atoms with Crippen LogP contribution in [0.2, 0.25) is 0 Å². The Kier molecular flexibility index (Phi) is 3.89. The molecule has 5 heteroatoms. The van der Waals surface area contributed by atoms with E-state index in [2.05, 4.69) is 20.8 Å². The molecule has 0 radical (unpaired) electrons. The molecule has 1 saturated heterocycles. The van der Waals surface area contributed by atoms with Crippen LogP contribution >= 0.6 is 15.9 Å². The Morgan fingerprint density at radius 3 is 2.45 bits per heavy atom. The molecule has 0 unspecified atom stereocenters. The van der Waals surface area contributed by atoms with Crippen LogP contribution in [0.4, 0.5) is 5.69 Å². The molecule has 1 aliphatic heterocycles. The number of rotatable bonds is 2. The number of halogens is 1. The van der Waals surface area contributed by atoms with Crippen molar-refractivity contribution in [1.29, 1.82) is 0 Å². The molecule has 1 fully saturated rings. The molecule has 1 aromatic carbocycles. The number of pyridine rings is 1. The molecule has 2 aromatic rings. The lowest BCUT2D eigenvalue weighted by Gasteiger charge is -2.28. The largest absolute Gasteiger partial charge is 0.378 e. The summed E-state index contributed by atoms with van der Waals surface area (Å²) in [5.74, 6) is 0. The predicted molar refractivity (Wildman–Crippen MR) is 82.8 cm³/mol. The van der Waals surface area contributed by atoms with Crippen molar-refractivity contribution in [3.05, 3.63) is 57.4 Å². The second-order valence-corrected chi connectivity index (χ2v) is 5.56. The van der Waals surface area contributed by atoms with Crippen molar-refractivity contribution in [2.45, 2.75) is 0 Å². The van der Waals surface area contributed by atoms with E-state index < -0.39 is 0 Å². The van der Waals surface area contributed by atoms with E-state index in [-0.39, 0.29) is 5.56 Å². The maximum absolute atomic E-state index is 12.6. The minimum absolute atomic E-state index is 0.0109. The van der Waals surface area contributed by atoms with Gasteiger partial charge in [-0.15, -0.1) is 0 Å². The summed E-state index contributed by atoms with van der Waals surface area (Å²) in [6.45, 7) is 2.87. The summed E-state index contributed by atoms with van der Waals surface area (Å²) in [7, 11) is 0. The highest BCUT2D eigenvalue weighted by Crippen LogP contribution is 2.15. The number of benzene rings is 1. The van der Waals surface area contributed by atoms with Gasteiger partial charge in [-0.05, 0) is 36.4 Å². The maximum atomic E-state index is 12.6. The van der Waals surface area contributed by atoms with Gasteiger partial charge in [0.25, 0.3) is 5.56 Å². The minimum Gasteiger partial charge on any atom is -0.378 e. The zero-order valence-corrected chi connectivity index (χ0v) is 12.5. The van der Waals surface area contributed by atoms with Crippen molar-refractivity contribution >= 4 is 21.6 Å². The quantitative estimate of drug-likeness (QED) is 0.846. The Morgan fingerprint density at radius 2 is 1.75 bits per heavy atom. The second kappa shape index (κ2) is 5.81. The molecule has 104 valence electrons. The zero-order valence-electron chi connectivity index (χ0n) is 11.0. The van der Waals surface area contributed by atoms with E-state index in [1.165, 1.54) is 0 Å². The molecule has 0 N–H and O–H groups in total. The smallest absolute Gasteiger partial charge is 0.278 e. The van der Waals surface area contributed by atoms with Crippen LogP contribution in [0.3, 0.4) is 0 Å². The molecule has 0 saturated carbocycles. The highest BCUT2D eigenvalue weighted by Gasteiger charge is 2.15. The third kappa shape index (κ3) is 2.64. The number of hydrogen-bond donors (Lipinski definition) is 0. The number of hydrogen-bond acceptors (Lipinski definition) is 3. The van der Waals surface area contributed by atoms with Crippen LogP contribution in [-0.2, 0) is 4.74 Å². The van der Waals surface area contributed by atoms with Gasteiger partial charge in [-0.3, -0.25) is 9.36 Å². The van der Waals surface area contributed by atoms with E-state index in [0.717, 1.165) is 28.9 Å². The van der Waals surface area contributed by atoms with Crippen molar-refractivity contribution in [2.24, 2.45) is 0 Å². The molecule has 3 rings (SSSR count). The highest BCUT2D eigenvalue weighted by molar-refractivity contribution is 9.10. The molecule has 1 aliphatic rings. The van der Waals surface area contributed by atoms with Gasteiger partial charge in [0.2, 0.25) is 0 Å². The van der Waals surface area contributed by atoms with Crippen molar-refractivity contribution < 1.29 is 4.74 Å². The van der Waals surface area contributed by atoms with Crippen LogP contribution in [0.1, 0.15) is 0 Å². The molecular formula is C15H15BrN2O2. The topological polar surface area (TPSA) is 34.5 Å². The zero-order chi connectivity index (χ0) is 13.9. The van der Waals surface area contributed by atoms with E-state index >= 15 is 0 Å². The highest BCUT2D eigenvalue weighted by atomic mass is 79.9. The molecule has 0 spiro atoms. The Hall–Kier alpha value is -1.59. The fraction of sp³-hybridized carbons (Fsp3) is 0.267. The maximum Gasteiger partial charge on any atom is 0.278 e. The summed E-state index contributed by atoms with van der Waals surface area (Å²) in [5, 5.41) is 0. The molecule has 1 aromatic heterocycles. The fourth-order valence-corrected chi connectivity index (χ4v) is 2.60. The molecule has 0 atom stereocenters. The number of morpholine rings is 1. The average Bonchev–Trinajstić information content (AvgIpc) is 2.49. The van der Waals surface area contributed by atoms with Crippen LogP contribution in [0.5, 0.6) is 0 Å². The molecule has 0 aliphatic carbocycles. The first-order valence-electron chi connectivity index (χ1n) is 6.56. The summed E-state index contributed by atoms with van der Waals surface area (Å²) in [6, 6.07) is 11.5. The van der Waals surface area contributed by atoms with Crippen LogP contribution in [0.15, 0.2) is 51.9 Å². The lowest BCUT2D eigenvalue weighted by Crippen LogP contribution is -2.40. The Labute approximate surface area is 125 Å². The number of aromatic nitrogens is 1. The van der Waals surface area contributed by atoms with Crippen LogP contribution in [-0.4, -0.2) is 30.9 Å². The molecule has 2 heterocycles. The van der Waals surface area contributed by atoms with Gasteiger partial charge in [0.05, 0.1) is 13.2 Å². The van der Waals surface area contributed by atoms with Crippen molar-refractivity contribution in [3.8, 4) is 5.69 Å². The monoisotopic (exact) mass is 334 g/mol. The SMILES string of the molecule is O=c1c(N2CCOCC2)cccn1-c1ccc(Br)cc1. The van der Waals surface area contributed by atoms with Gasteiger partial charge >= 0.3 is 0 Å². The lowest BCUT2D eigenvalue weighted by molar-refractivity contribution is 0.122. The summed E-state index contributed by atoms with van der Waals surface area (Å²) in [6.07, 6.45) is 1.80. The molecule has 20 heavy (non-hydrogen) atoms. The average molecular weight is 335 g/mol. The summed E-state index contributed by atoms with van der Waals surface area (Å²) >= 11 is 3.40. The number of ether oxygens (including phenoxy) is 1. The molecule has 0 bridgehead atoms. The normalized spacial score (nSPS) is 15.3. The molecular weight excluding hydrogens is 320 g/mol. The Morgan fingerprint density at radius 1 is 1.05 bits per heavy atom. The van der Waals surface area contributed by atoms with Crippen molar-refractivity contribution in [2.75, 3.05) is 31.2 Å². The molecule has 4 nitrogen and oxygen atoms in total. The third-order valence-corrected chi connectivity index (χ3v) is 3.91. The summed E-state index contributed by atoms with van der Waals surface area (Å²) in [4.78, 5) is 14.7. The fourth-order valence-electron chi connectivity index (χ4n) is 2.33. The first-order valence-corrected chi connectivity index (χ1v) is 7.35. The van der Waals surface area contributed by atoms with Gasteiger partial charge in [0, 0.05) is 29.4 Å². The lowest BCUT2D eigenvalue weighted by atomic mass is 10.3. The molecule has 0 amide bonds. The standard InChI is InChI=1S/C15H15BrN2O2/c16-12-3-5-13(6-4-12)18-7-1-2-14(15(18)19)17-8-10-20-11-9-17/h1-7H,8-11H2. The van der Waals surface area contributed by atoms with E-state index in [0.29, 0.717) is 13.2 Å². The third-order valence-electron chi connectivity index (χ3n) is 3.38. The van der Waals surface area contributed by atoms with Gasteiger partial charge in [0.15, 0.2) is 0 Å². The van der Waals surface area contributed by atoms with Gasteiger partial charge in [-0.1, -0.05) is 15.9 Å². The minimum atomic E-state index is 0.0109. The van der Waals surface area contributed by atoms with E-state index in [4.69, 9.17) is 4.74 Å². The van der Waals surface area contributed by atoms with Gasteiger partial charge < -0.3 is 9.64 Å². The van der Waals surface area contributed by atoms with E-state index in [9.17, 15) is 4.79 Å². The van der Waals surface area contributed by atoms with E-state index in [1.807, 2.05) is 36.4 Å². The van der Waals surface area contributed by atoms with Crippen LogP contribution in [0, 0.1) is 0 Å². The second-order valence-electron chi connectivity index (χ2n) is 4.64. The Bertz CT molecular complexity index is 646. The van der Waals surface area contributed by atoms with Crippen molar-refractivity contribution in [3.63, 3.8) is 0 Å².